The zero-order valence-corrected chi connectivity index (χ0v) is 17.8. The Labute approximate surface area is 185 Å². The first-order valence-electron chi connectivity index (χ1n) is 10.2. The van der Waals surface area contributed by atoms with Gasteiger partial charge in [0.25, 0.3) is 0 Å². The minimum absolute atomic E-state index is 0.0797. The number of nitrogens with zero attached hydrogens (tertiary/aromatic N) is 1. The molecule has 1 unspecified atom stereocenters. The molecule has 0 spiro atoms. The van der Waals surface area contributed by atoms with Gasteiger partial charge in [-0.1, -0.05) is 18.2 Å². The minimum Gasteiger partial charge on any atom is -0.493 e. The van der Waals surface area contributed by atoms with Gasteiger partial charge in [-0.2, -0.15) is 0 Å². The summed E-state index contributed by atoms with van der Waals surface area (Å²) in [6.45, 7) is 1.87. The fourth-order valence-corrected chi connectivity index (χ4v) is 3.56. The van der Waals surface area contributed by atoms with Crippen molar-refractivity contribution in [3.05, 3.63) is 78.1 Å². The molecule has 0 aliphatic carbocycles. The van der Waals surface area contributed by atoms with E-state index in [4.69, 9.17) is 9.47 Å². The number of nitrogens with one attached hydrogen (secondary N) is 1. The van der Waals surface area contributed by atoms with Crippen molar-refractivity contribution in [1.82, 2.24) is 0 Å². The van der Waals surface area contributed by atoms with Gasteiger partial charge >= 0.3 is 0 Å². The fourth-order valence-electron chi connectivity index (χ4n) is 3.56. The monoisotopic (exact) mass is 434 g/mol. The van der Waals surface area contributed by atoms with Gasteiger partial charge in [0.1, 0.15) is 11.6 Å². The van der Waals surface area contributed by atoms with Crippen molar-refractivity contribution in [2.45, 2.75) is 13.3 Å². The molecule has 0 bridgehead atoms. The molecule has 1 aliphatic heterocycles. The normalized spacial score (nSPS) is 15.5. The zero-order chi connectivity index (χ0) is 22.7. The SMILES string of the molecule is COc1ccccc1Oc1ccc(NC(=O)C2CC(=O)N(c3ccc(C)c(F)c3)C2)cc1. The molecule has 7 heteroatoms. The van der Waals surface area contributed by atoms with Crippen LogP contribution in [0.15, 0.2) is 66.7 Å². The summed E-state index contributed by atoms with van der Waals surface area (Å²) < 4.78 is 25.0. The van der Waals surface area contributed by atoms with Gasteiger partial charge in [-0.3, -0.25) is 9.59 Å². The second-order valence-electron chi connectivity index (χ2n) is 7.61. The number of para-hydroxylation sites is 2. The van der Waals surface area contributed by atoms with Crippen LogP contribution >= 0.6 is 0 Å². The van der Waals surface area contributed by atoms with Crippen LogP contribution in [-0.4, -0.2) is 25.5 Å². The lowest BCUT2D eigenvalue weighted by atomic mass is 10.1. The van der Waals surface area contributed by atoms with Crippen LogP contribution in [0.4, 0.5) is 15.8 Å². The van der Waals surface area contributed by atoms with E-state index < -0.39 is 5.92 Å². The van der Waals surface area contributed by atoms with Crippen LogP contribution in [0.2, 0.25) is 0 Å². The molecule has 0 saturated carbocycles. The van der Waals surface area contributed by atoms with E-state index in [2.05, 4.69) is 5.32 Å². The van der Waals surface area contributed by atoms with Gasteiger partial charge < -0.3 is 19.7 Å². The smallest absolute Gasteiger partial charge is 0.229 e. The highest BCUT2D eigenvalue weighted by molar-refractivity contribution is 6.03. The first-order valence-corrected chi connectivity index (χ1v) is 10.2. The highest BCUT2D eigenvalue weighted by Gasteiger charge is 2.35. The minimum atomic E-state index is -0.517. The maximum Gasteiger partial charge on any atom is 0.229 e. The summed E-state index contributed by atoms with van der Waals surface area (Å²) in [4.78, 5) is 26.6. The summed E-state index contributed by atoms with van der Waals surface area (Å²) in [5.74, 6) is 0.449. The second-order valence-corrected chi connectivity index (χ2v) is 7.61. The van der Waals surface area contributed by atoms with E-state index in [1.54, 1.807) is 62.6 Å². The third kappa shape index (κ3) is 4.56. The second kappa shape index (κ2) is 9.09. The van der Waals surface area contributed by atoms with Crippen LogP contribution < -0.4 is 19.7 Å². The Balaban J connectivity index is 1.38. The molecule has 32 heavy (non-hydrogen) atoms. The summed E-state index contributed by atoms with van der Waals surface area (Å²) in [6.07, 6.45) is 0.0797. The van der Waals surface area contributed by atoms with Crippen molar-refractivity contribution in [2.24, 2.45) is 5.92 Å². The Morgan fingerprint density at radius 3 is 2.47 bits per heavy atom. The number of ether oxygens (including phenoxy) is 2. The molecule has 3 aromatic carbocycles. The van der Waals surface area contributed by atoms with Gasteiger partial charge in [-0.15, -0.1) is 0 Å². The maximum absolute atomic E-state index is 13.9. The molecule has 0 aromatic heterocycles. The molecule has 1 aliphatic rings. The van der Waals surface area contributed by atoms with Gasteiger partial charge in [0.2, 0.25) is 11.8 Å². The molecule has 0 radical (unpaired) electrons. The van der Waals surface area contributed by atoms with Crippen LogP contribution in [0.3, 0.4) is 0 Å². The lowest BCUT2D eigenvalue weighted by Crippen LogP contribution is -2.28. The highest BCUT2D eigenvalue weighted by atomic mass is 19.1. The number of amides is 2. The third-order valence-electron chi connectivity index (χ3n) is 5.38. The summed E-state index contributed by atoms with van der Waals surface area (Å²) in [7, 11) is 1.57. The number of carbonyl (C=O) groups is 2. The fraction of sp³-hybridized carbons (Fsp3) is 0.200. The number of carbonyl (C=O) groups excluding carboxylic acids is 2. The summed E-state index contributed by atoms with van der Waals surface area (Å²) in [5, 5.41) is 2.84. The topological polar surface area (TPSA) is 67.9 Å². The van der Waals surface area contributed by atoms with Crippen LogP contribution in [-0.2, 0) is 9.59 Å². The molecule has 1 fully saturated rings. The number of halogens is 1. The zero-order valence-electron chi connectivity index (χ0n) is 17.8. The van der Waals surface area contributed by atoms with Gasteiger partial charge in [-0.05, 0) is 61.0 Å². The first-order chi connectivity index (χ1) is 15.4. The lowest BCUT2D eigenvalue weighted by molar-refractivity contribution is -0.122. The predicted octanol–water partition coefficient (Wildman–Crippen LogP) is 4.93. The highest BCUT2D eigenvalue weighted by Crippen LogP contribution is 2.32. The van der Waals surface area contributed by atoms with E-state index in [0.29, 0.717) is 34.2 Å². The van der Waals surface area contributed by atoms with Crippen LogP contribution in [0.1, 0.15) is 12.0 Å². The molecule has 3 aromatic rings. The number of anilines is 2. The lowest BCUT2D eigenvalue weighted by Gasteiger charge is -2.17. The molecule has 164 valence electrons. The molecule has 1 saturated heterocycles. The van der Waals surface area contributed by atoms with E-state index in [1.807, 2.05) is 12.1 Å². The van der Waals surface area contributed by atoms with Gasteiger partial charge in [0.05, 0.1) is 13.0 Å². The third-order valence-corrected chi connectivity index (χ3v) is 5.38. The van der Waals surface area contributed by atoms with E-state index >= 15 is 0 Å². The van der Waals surface area contributed by atoms with E-state index in [9.17, 15) is 14.0 Å². The molecule has 1 heterocycles. The van der Waals surface area contributed by atoms with Gasteiger partial charge in [0, 0.05) is 24.3 Å². The average molecular weight is 434 g/mol. The largest absolute Gasteiger partial charge is 0.493 e. The van der Waals surface area contributed by atoms with E-state index in [0.717, 1.165) is 0 Å². The number of hydrogen-bond acceptors (Lipinski definition) is 4. The molecule has 6 nitrogen and oxygen atoms in total. The van der Waals surface area contributed by atoms with Crippen molar-refractivity contribution in [3.63, 3.8) is 0 Å². The van der Waals surface area contributed by atoms with Gasteiger partial charge in [0.15, 0.2) is 11.5 Å². The van der Waals surface area contributed by atoms with Crippen molar-refractivity contribution in [2.75, 3.05) is 23.9 Å². The predicted molar refractivity (Wildman–Crippen MR) is 120 cm³/mol. The Kier molecular flexibility index (Phi) is 6.07. The molecular formula is C25H23FN2O4. The molecule has 1 atom stereocenters. The maximum atomic E-state index is 13.9. The summed E-state index contributed by atoms with van der Waals surface area (Å²) in [6, 6.07) is 18.9. The number of methoxy groups -OCH3 is 1. The van der Waals surface area contributed by atoms with Crippen molar-refractivity contribution in [3.8, 4) is 17.2 Å². The van der Waals surface area contributed by atoms with Crippen molar-refractivity contribution < 1.29 is 23.5 Å². The van der Waals surface area contributed by atoms with Gasteiger partial charge in [-0.25, -0.2) is 4.39 Å². The Morgan fingerprint density at radius 1 is 1.06 bits per heavy atom. The summed E-state index contributed by atoms with van der Waals surface area (Å²) in [5.41, 5.74) is 1.56. The average Bonchev–Trinajstić information content (AvgIpc) is 3.19. The number of hydrogen-bond donors (Lipinski definition) is 1. The van der Waals surface area contributed by atoms with E-state index in [-0.39, 0.29) is 30.6 Å². The number of benzene rings is 3. The Hall–Kier alpha value is -3.87. The molecule has 4 rings (SSSR count). The van der Waals surface area contributed by atoms with Crippen LogP contribution in [0, 0.1) is 18.7 Å². The van der Waals surface area contributed by atoms with Crippen LogP contribution in [0.25, 0.3) is 0 Å². The number of aryl methyl sites for hydroxylation is 1. The van der Waals surface area contributed by atoms with Crippen molar-refractivity contribution in [1.29, 1.82) is 0 Å². The molecule has 1 N–H and O–H groups in total. The summed E-state index contributed by atoms with van der Waals surface area (Å²) >= 11 is 0. The van der Waals surface area contributed by atoms with Crippen LogP contribution in [0.5, 0.6) is 17.2 Å². The Bertz CT molecular complexity index is 1150. The quantitative estimate of drug-likeness (QED) is 0.598. The standard InChI is InChI=1S/C25H23FN2O4/c1-16-7-10-19(14-21(16)26)28-15-17(13-24(28)29)25(30)27-18-8-11-20(12-9-18)32-23-6-4-3-5-22(23)31-2/h3-12,14,17H,13,15H2,1-2H3,(H,27,30). The van der Waals surface area contributed by atoms with E-state index in [1.165, 1.54) is 11.0 Å². The first kappa shape index (κ1) is 21.4. The number of rotatable bonds is 6. The Morgan fingerprint density at radius 2 is 1.78 bits per heavy atom. The molecule has 2 amide bonds. The van der Waals surface area contributed by atoms with Crippen molar-refractivity contribution >= 4 is 23.2 Å². The molecular weight excluding hydrogens is 411 g/mol.